The summed E-state index contributed by atoms with van der Waals surface area (Å²) in [4.78, 5) is 8.38. The number of aryl methyl sites for hydroxylation is 1. The second kappa shape index (κ2) is 7.52. The molecule has 0 amide bonds. The fourth-order valence-electron chi connectivity index (χ4n) is 2.02. The van der Waals surface area contributed by atoms with Crippen molar-refractivity contribution in [2.24, 2.45) is 0 Å². The molecule has 2 aromatic rings. The zero-order chi connectivity index (χ0) is 15.1. The van der Waals surface area contributed by atoms with Crippen LogP contribution in [-0.2, 0) is 6.42 Å². The van der Waals surface area contributed by atoms with Gasteiger partial charge in [-0.05, 0) is 31.9 Å². The average molecular weight is 289 g/mol. The van der Waals surface area contributed by atoms with Crippen LogP contribution in [0.5, 0.6) is 0 Å². The van der Waals surface area contributed by atoms with Crippen LogP contribution in [0.4, 0.5) is 17.6 Å². The molecule has 0 aliphatic carbocycles. The summed E-state index contributed by atoms with van der Waals surface area (Å²) >= 11 is 0. The highest BCUT2D eigenvalue weighted by Crippen LogP contribution is 2.15. The van der Waals surface area contributed by atoms with E-state index in [1.54, 1.807) is 6.26 Å². The van der Waals surface area contributed by atoms with Crippen LogP contribution in [0.2, 0.25) is 0 Å². The third-order valence-electron chi connectivity index (χ3n) is 3.10. The van der Waals surface area contributed by atoms with Crippen LogP contribution in [0, 0.1) is 0 Å². The summed E-state index contributed by atoms with van der Waals surface area (Å²) in [6.07, 6.45) is 4.58. The van der Waals surface area contributed by atoms with Gasteiger partial charge in [0, 0.05) is 25.1 Å². The molecule has 2 rings (SSSR count). The molecule has 114 valence electrons. The van der Waals surface area contributed by atoms with Gasteiger partial charge in [0.2, 0.25) is 5.95 Å². The van der Waals surface area contributed by atoms with Crippen LogP contribution in [0.25, 0.3) is 0 Å². The first kappa shape index (κ1) is 15.2. The van der Waals surface area contributed by atoms with Crippen molar-refractivity contribution < 1.29 is 4.42 Å². The highest BCUT2D eigenvalue weighted by atomic mass is 16.3. The SMILES string of the molecule is CCCNc1cc(NC(C)CCc2ccco2)nc(N)n1. The number of aromatic nitrogens is 2. The largest absolute Gasteiger partial charge is 0.469 e. The second-order valence-corrected chi connectivity index (χ2v) is 5.09. The molecule has 6 heteroatoms. The summed E-state index contributed by atoms with van der Waals surface area (Å²) in [5, 5.41) is 6.57. The monoisotopic (exact) mass is 289 g/mol. The number of hydrogen-bond donors (Lipinski definition) is 3. The number of anilines is 3. The number of nitrogens with zero attached hydrogens (tertiary/aromatic N) is 2. The third kappa shape index (κ3) is 4.98. The zero-order valence-corrected chi connectivity index (χ0v) is 12.6. The van der Waals surface area contributed by atoms with Gasteiger partial charge in [0.1, 0.15) is 17.4 Å². The third-order valence-corrected chi connectivity index (χ3v) is 3.10. The van der Waals surface area contributed by atoms with Crippen molar-refractivity contribution in [3.63, 3.8) is 0 Å². The summed E-state index contributed by atoms with van der Waals surface area (Å²) in [7, 11) is 0. The van der Waals surface area contributed by atoms with Crippen LogP contribution < -0.4 is 16.4 Å². The van der Waals surface area contributed by atoms with E-state index in [9.17, 15) is 0 Å². The van der Waals surface area contributed by atoms with Crippen LogP contribution in [-0.4, -0.2) is 22.6 Å². The first-order valence-corrected chi connectivity index (χ1v) is 7.34. The van der Waals surface area contributed by atoms with E-state index in [0.717, 1.165) is 43.2 Å². The number of nitrogens with two attached hydrogens (primary N) is 1. The number of nitrogen functional groups attached to an aromatic ring is 1. The van der Waals surface area contributed by atoms with Gasteiger partial charge in [-0.2, -0.15) is 9.97 Å². The molecule has 0 radical (unpaired) electrons. The van der Waals surface area contributed by atoms with E-state index >= 15 is 0 Å². The highest BCUT2D eigenvalue weighted by Gasteiger charge is 2.07. The van der Waals surface area contributed by atoms with Crippen molar-refractivity contribution in [1.29, 1.82) is 0 Å². The molecule has 1 unspecified atom stereocenters. The van der Waals surface area contributed by atoms with Crippen molar-refractivity contribution in [2.75, 3.05) is 22.9 Å². The Labute approximate surface area is 125 Å². The van der Waals surface area contributed by atoms with Crippen molar-refractivity contribution in [3.05, 3.63) is 30.2 Å². The Morgan fingerprint density at radius 1 is 1.33 bits per heavy atom. The van der Waals surface area contributed by atoms with E-state index in [1.807, 2.05) is 18.2 Å². The van der Waals surface area contributed by atoms with Gasteiger partial charge in [0.25, 0.3) is 0 Å². The predicted octanol–water partition coefficient (Wildman–Crippen LogP) is 2.91. The smallest absolute Gasteiger partial charge is 0.223 e. The van der Waals surface area contributed by atoms with Gasteiger partial charge in [-0.25, -0.2) is 0 Å². The van der Waals surface area contributed by atoms with Crippen LogP contribution >= 0.6 is 0 Å². The maximum atomic E-state index is 5.74. The van der Waals surface area contributed by atoms with Crippen molar-refractivity contribution in [1.82, 2.24) is 9.97 Å². The summed E-state index contributed by atoms with van der Waals surface area (Å²) in [6, 6.07) is 6.05. The van der Waals surface area contributed by atoms with Crippen LogP contribution in [0.1, 0.15) is 32.4 Å². The number of nitrogens with one attached hydrogen (secondary N) is 2. The molecule has 2 heterocycles. The van der Waals surface area contributed by atoms with E-state index in [0.29, 0.717) is 0 Å². The normalized spacial score (nSPS) is 12.1. The van der Waals surface area contributed by atoms with Crippen LogP contribution in [0.15, 0.2) is 28.9 Å². The van der Waals surface area contributed by atoms with Crippen molar-refractivity contribution in [3.8, 4) is 0 Å². The van der Waals surface area contributed by atoms with Gasteiger partial charge in [0.15, 0.2) is 0 Å². The minimum atomic E-state index is 0.267. The Morgan fingerprint density at radius 3 is 2.86 bits per heavy atom. The molecule has 2 aromatic heterocycles. The molecule has 0 fully saturated rings. The molecule has 0 aliphatic rings. The highest BCUT2D eigenvalue weighted by molar-refractivity contribution is 5.51. The Balaban J connectivity index is 1.90. The molecule has 21 heavy (non-hydrogen) atoms. The molecule has 0 saturated carbocycles. The predicted molar refractivity (Wildman–Crippen MR) is 85.3 cm³/mol. The van der Waals surface area contributed by atoms with E-state index in [2.05, 4.69) is 34.4 Å². The molecule has 0 bridgehead atoms. The molecule has 6 nitrogen and oxygen atoms in total. The average Bonchev–Trinajstić information content (AvgIpc) is 2.95. The fourth-order valence-corrected chi connectivity index (χ4v) is 2.02. The molecule has 1 atom stereocenters. The van der Waals surface area contributed by atoms with Gasteiger partial charge in [-0.1, -0.05) is 6.92 Å². The van der Waals surface area contributed by atoms with Gasteiger partial charge >= 0.3 is 0 Å². The molecule has 0 aromatic carbocycles. The lowest BCUT2D eigenvalue weighted by atomic mass is 10.1. The van der Waals surface area contributed by atoms with Gasteiger partial charge in [-0.3, -0.25) is 0 Å². The summed E-state index contributed by atoms with van der Waals surface area (Å²) in [5.74, 6) is 2.77. The minimum absolute atomic E-state index is 0.267. The van der Waals surface area contributed by atoms with E-state index < -0.39 is 0 Å². The topological polar surface area (TPSA) is 89.0 Å². The van der Waals surface area contributed by atoms with Crippen molar-refractivity contribution in [2.45, 2.75) is 39.2 Å². The molecular weight excluding hydrogens is 266 g/mol. The summed E-state index contributed by atoms with van der Waals surface area (Å²) in [5.41, 5.74) is 5.74. The fraction of sp³-hybridized carbons (Fsp3) is 0.467. The first-order valence-electron chi connectivity index (χ1n) is 7.34. The van der Waals surface area contributed by atoms with E-state index in [-0.39, 0.29) is 12.0 Å². The van der Waals surface area contributed by atoms with Gasteiger partial charge in [0.05, 0.1) is 6.26 Å². The second-order valence-electron chi connectivity index (χ2n) is 5.09. The number of furan rings is 1. The maximum Gasteiger partial charge on any atom is 0.223 e. The minimum Gasteiger partial charge on any atom is -0.469 e. The van der Waals surface area contributed by atoms with Crippen LogP contribution in [0.3, 0.4) is 0 Å². The lowest BCUT2D eigenvalue weighted by molar-refractivity contribution is 0.495. The summed E-state index contributed by atoms with van der Waals surface area (Å²) < 4.78 is 5.33. The Kier molecular flexibility index (Phi) is 5.43. The maximum absolute atomic E-state index is 5.74. The lowest BCUT2D eigenvalue weighted by Gasteiger charge is -2.15. The molecule has 0 saturated heterocycles. The Hall–Kier alpha value is -2.24. The van der Waals surface area contributed by atoms with E-state index in [4.69, 9.17) is 10.2 Å². The number of hydrogen-bond acceptors (Lipinski definition) is 6. The van der Waals surface area contributed by atoms with E-state index in [1.165, 1.54) is 0 Å². The standard InChI is InChI=1S/C15H23N5O/c1-3-8-17-13-10-14(20-15(16)19-13)18-11(2)6-7-12-5-4-9-21-12/h4-5,9-11H,3,6-8H2,1-2H3,(H4,16,17,18,19,20). The Bertz CT molecular complexity index is 541. The lowest BCUT2D eigenvalue weighted by Crippen LogP contribution is -2.18. The number of rotatable bonds is 8. The van der Waals surface area contributed by atoms with Gasteiger partial charge < -0.3 is 20.8 Å². The molecule has 4 N–H and O–H groups in total. The quantitative estimate of drug-likeness (QED) is 0.692. The molecule has 0 aliphatic heterocycles. The van der Waals surface area contributed by atoms with Crippen molar-refractivity contribution >= 4 is 17.6 Å². The Morgan fingerprint density at radius 2 is 2.14 bits per heavy atom. The summed E-state index contributed by atoms with van der Waals surface area (Å²) in [6.45, 7) is 5.08. The molecular formula is C15H23N5O. The molecule has 0 spiro atoms. The van der Waals surface area contributed by atoms with Gasteiger partial charge in [-0.15, -0.1) is 0 Å². The first-order chi connectivity index (χ1) is 10.2. The zero-order valence-electron chi connectivity index (χ0n) is 12.6.